The summed E-state index contributed by atoms with van der Waals surface area (Å²) in [5, 5.41) is 11.5. The van der Waals surface area contributed by atoms with Crippen LogP contribution in [0.3, 0.4) is 0 Å². The van der Waals surface area contributed by atoms with Gasteiger partial charge in [0.25, 0.3) is 0 Å². The Kier molecular flexibility index (Phi) is 4.18. The van der Waals surface area contributed by atoms with E-state index in [4.69, 9.17) is 16.3 Å². The normalized spacial score (nSPS) is 28.1. The molecule has 2 nitrogen and oxygen atoms in total. The number of hydrogen-bond acceptors (Lipinski definition) is 2. The number of methoxy groups -OCH3 is 1. The van der Waals surface area contributed by atoms with Gasteiger partial charge < -0.3 is 9.84 Å². The molecule has 1 aromatic rings. The van der Waals surface area contributed by atoms with Gasteiger partial charge in [-0.3, -0.25) is 0 Å². The summed E-state index contributed by atoms with van der Waals surface area (Å²) < 4.78 is 5.35. The van der Waals surface area contributed by atoms with E-state index in [1.54, 1.807) is 13.2 Å². The maximum Gasteiger partial charge on any atom is 0.125 e. The lowest BCUT2D eigenvalue weighted by molar-refractivity contribution is -0.0163. The Balaban J connectivity index is 2.27. The molecule has 0 saturated heterocycles. The minimum Gasteiger partial charge on any atom is -0.496 e. The maximum atomic E-state index is 10.9. The number of benzene rings is 1. The fourth-order valence-electron chi connectivity index (χ4n) is 2.88. The third-order valence-electron chi connectivity index (χ3n) is 4.17. The van der Waals surface area contributed by atoms with Gasteiger partial charge in [0.05, 0.1) is 12.7 Å². The Morgan fingerprint density at radius 2 is 2.06 bits per heavy atom. The average molecular weight is 269 g/mol. The Bertz CT molecular complexity index is 409. The molecule has 0 heterocycles. The van der Waals surface area contributed by atoms with E-state index >= 15 is 0 Å². The highest BCUT2D eigenvalue weighted by atomic mass is 35.5. The van der Waals surface area contributed by atoms with Crippen molar-refractivity contribution < 1.29 is 9.84 Å². The first-order valence-corrected chi connectivity index (χ1v) is 7.03. The van der Waals surface area contributed by atoms with E-state index in [2.05, 4.69) is 6.92 Å². The van der Waals surface area contributed by atoms with Crippen molar-refractivity contribution in [1.82, 2.24) is 0 Å². The van der Waals surface area contributed by atoms with Crippen molar-refractivity contribution in [1.29, 1.82) is 0 Å². The highest BCUT2D eigenvalue weighted by Gasteiger charge is 2.36. The van der Waals surface area contributed by atoms with Crippen molar-refractivity contribution in [2.75, 3.05) is 7.11 Å². The zero-order valence-electron chi connectivity index (χ0n) is 11.1. The first-order valence-electron chi connectivity index (χ1n) is 6.65. The van der Waals surface area contributed by atoms with Crippen molar-refractivity contribution in [3.8, 4) is 5.75 Å². The standard InChI is InChI=1S/C15H21ClO2/c1-3-11-6-8-15(17,9-7-11)13-10-12(16)4-5-14(13)18-2/h4-5,10-11,17H,3,6-9H2,1-2H3. The number of aliphatic hydroxyl groups is 1. The summed E-state index contributed by atoms with van der Waals surface area (Å²) in [6.45, 7) is 2.22. The van der Waals surface area contributed by atoms with Crippen molar-refractivity contribution in [2.24, 2.45) is 5.92 Å². The zero-order chi connectivity index (χ0) is 13.2. The van der Waals surface area contributed by atoms with Gasteiger partial charge in [-0.25, -0.2) is 0 Å². The predicted molar refractivity (Wildman–Crippen MR) is 74.1 cm³/mol. The molecule has 0 spiro atoms. The first-order chi connectivity index (χ1) is 8.59. The number of hydrogen-bond donors (Lipinski definition) is 1. The molecule has 0 aliphatic heterocycles. The molecule has 0 bridgehead atoms. The molecule has 1 aliphatic carbocycles. The van der Waals surface area contributed by atoms with Crippen LogP contribution in [0.2, 0.25) is 5.02 Å². The van der Waals surface area contributed by atoms with Gasteiger partial charge >= 0.3 is 0 Å². The smallest absolute Gasteiger partial charge is 0.125 e. The van der Waals surface area contributed by atoms with E-state index in [-0.39, 0.29) is 0 Å². The minimum atomic E-state index is -0.776. The highest BCUT2D eigenvalue weighted by Crippen LogP contribution is 2.44. The topological polar surface area (TPSA) is 29.5 Å². The van der Waals surface area contributed by atoms with Crippen molar-refractivity contribution in [2.45, 2.75) is 44.6 Å². The number of ether oxygens (including phenoxy) is 1. The second-order valence-corrected chi connectivity index (χ2v) is 5.66. The van der Waals surface area contributed by atoms with Crippen molar-refractivity contribution >= 4 is 11.6 Å². The third-order valence-corrected chi connectivity index (χ3v) is 4.41. The highest BCUT2D eigenvalue weighted by molar-refractivity contribution is 6.30. The molecule has 1 fully saturated rings. The fourth-order valence-corrected chi connectivity index (χ4v) is 3.05. The molecule has 1 aliphatic rings. The second-order valence-electron chi connectivity index (χ2n) is 5.23. The molecule has 0 unspecified atom stereocenters. The van der Waals surface area contributed by atoms with Gasteiger partial charge in [0, 0.05) is 10.6 Å². The molecule has 1 saturated carbocycles. The molecule has 0 aromatic heterocycles. The van der Waals surface area contributed by atoms with Crippen LogP contribution < -0.4 is 4.74 Å². The largest absolute Gasteiger partial charge is 0.496 e. The van der Waals surface area contributed by atoms with E-state index in [9.17, 15) is 5.11 Å². The van der Waals surface area contributed by atoms with Crippen LogP contribution in [0.25, 0.3) is 0 Å². The lowest BCUT2D eigenvalue weighted by Gasteiger charge is -2.37. The van der Waals surface area contributed by atoms with Crippen molar-refractivity contribution in [3.63, 3.8) is 0 Å². The molecule has 1 N–H and O–H groups in total. The van der Waals surface area contributed by atoms with Crippen LogP contribution in [-0.4, -0.2) is 12.2 Å². The van der Waals surface area contributed by atoms with Gasteiger partial charge in [-0.1, -0.05) is 24.9 Å². The molecule has 1 aromatic carbocycles. The van der Waals surface area contributed by atoms with Crippen LogP contribution in [0.4, 0.5) is 0 Å². The van der Waals surface area contributed by atoms with Gasteiger partial charge in [-0.05, 0) is 49.8 Å². The monoisotopic (exact) mass is 268 g/mol. The van der Waals surface area contributed by atoms with E-state index in [1.807, 2.05) is 12.1 Å². The summed E-state index contributed by atoms with van der Waals surface area (Å²) in [6, 6.07) is 5.47. The first kappa shape index (κ1) is 13.7. The molecule has 2 rings (SSSR count). The summed E-state index contributed by atoms with van der Waals surface area (Å²) in [5.74, 6) is 1.48. The minimum absolute atomic E-state index is 0.650. The fraction of sp³-hybridized carbons (Fsp3) is 0.600. The summed E-state index contributed by atoms with van der Waals surface area (Å²) in [6.07, 6.45) is 4.93. The summed E-state index contributed by atoms with van der Waals surface area (Å²) in [7, 11) is 1.63. The maximum absolute atomic E-state index is 10.9. The van der Waals surface area contributed by atoms with Crippen LogP contribution in [0, 0.1) is 5.92 Å². The van der Waals surface area contributed by atoms with Gasteiger partial charge in [-0.2, -0.15) is 0 Å². The SMILES string of the molecule is CCC1CCC(O)(c2cc(Cl)ccc2OC)CC1. The summed E-state index contributed by atoms with van der Waals surface area (Å²) in [4.78, 5) is 0. The van der Waals surface area contributed by atoms with E-state index in [1.165, 1.54) is 6.42 Å². The number of rotatable bonds is 3. The van der Waals surface area contributed by atoms with Gasteiger partial charge in [0.15, 0.2) is 0 Å². The van der Waals surface area contributed by atoms with E-state index < -0.39 is 5.60 Å². The van der Waals surface area contributed by atoms with E-state index in [0.29, 0.717) is 5.02 Å². The Morgan fingerprint density at radius 1 is 1.39 bits per heavy atom. The molecular formula is C15H21ClO2. The molecule has 0 amide bonds. The van der Waals surface area contributed by atoms with Crippen LogP contribution in [0.1, 0.15) is 44.6 Å². The molecule has 100 valence electrons. The van der Waals surface area contributed by atoms with Gasteiger partial charge in [-0.15, -0.1) is 0 Å². The van der Waals surface area contributed by atoms with Gasteiger partial charge in [0.1, 0.15) is 5.75 Å². The van der Waals surface area contributed by atoms with Crippen LogP contribution in [0.15, 0.2) is 18.2 Å². The lowest BCUT2D eigenvalue weighted by Crippen LogP contribution is -2.31. The summed E-state index contributed by atoms with van der Waals surface area (Å²) in [5.41, 5.74) is 0.0640. The third kappa shape index (κ3) is 2.65. The average Bonchev–Trinajstić information content (AvgIpc) is 2.39. The van der Waals surface area contributed by atoms with E-state index in [0.717, 1.165) is 42.9 Å². The number of halogens is 1. The second kappa shape index (κ2) is 5.50. The predicted octanol–water partition coefficient (Wildman–Crippen LogP) is 4.14. The van der Waals surface area contributed by atoms with Crippen LogP contribution >= 0.6 is 11.6 Å². The van der Waals surface area contributed by atoms with Gasteiger partial charge in [0.2, 0.25) is 0 Å². The molecule has 3 heteroatoms. The Labute approximate surface area is 114 Å². The summed E-state index contributed by atoms with van der Waals surface area (Å²) >= 11 is 6.04. The van der Waals surface area contributed by atoms with Crippen LogP contribution in [0.5, 0.6) is 5.75 Å². The molecule has 0 atom stereocenters. The quantitative estimate of drug-likeness (QED) is 0.893. The lowest BCUT2D eigenvalue weighted by atomic mass is 9.74. The Hall–Kier alpha value is -0.730. The zero-order valence-corrected chi connectivity index (χ0v) is 11.8. The van der Waals surface area contributed by atoms with Crippen LogP contribution in [-0.2, 0) is 5.60 Å². The molecular weight excluding hydrogens is 248 g/mol. The Morgan fingerprint density at radius 3 is 2.61 bits per heavy atom. The van der Waals surface area contributed by atoms with Crippen molar-refractivity contribution in [3.05, 3.63) is 28.8 Å². The molecule has 18 heavy (non-hydrogen) atoms. The molecule has 0 radical (unpaired) electrons.